The van der Waals surface area contributed by atoms with E-state index in [4.69, 9.17) is 9.32 Å². The first kappa shape index (κ1) is 24.9. The first-order valence-electron chi connectivity index (χ1n) is 12.5. The van der Waals surface area contributed by atoms with Gasteiger partial charge in [-0.2, -0.15) is 13.6 Å². The Morgan fingerprint density at radius 3 is 2.57 bits per heavy atom. The highest BCUT2D eigenvalue weighted by atomic mass is 32.2. The summed E-state index contributed by atoms with van der Waals surface area (Å²) in [5.41, 5.74) is 5.26. The maximum atomic E-state index is 11.8. The molecule has 3 aliphatic rings. The van der Waals surface area contributed by atoms with Crippen LogP contribution in [0.3, 0.4) is 0 Å². The molecular weight excluding hydrogens is 478 g/mol. The van der Waals surface area contributed by atoms with Crippen LogP contribution in [-0.4, -0.2) is 25.4 Å². The van der Waals surface area contributed by atoms with Gasteiger partial charge in [-0.05, 0) is 110 Å². The topological polar surface area (TPSA) is 89.6 Å². The molecule has 5 atom stereocenters. The predicted molar refractivity (Wildman–Crippen MR) is 142 cm³/mol. The zero-order chi connectivity index (χ0) is 25.0. The van der Waals surface area contributed by atoms with Gasteiger partial charge >= 0.3 is 10.3 Å². The van der Waals surface area contributed by atoms with E-state index in [1.165, 1.54) is 28.5 Å². The second-order valence-corrected chi connectivity index (χ2v) is 12.7. The van der Waals surface area contributed by atoms with Crippen molar-refractivity contribution in [3.63, 3.8) is 0 Å². The fourth-order valence-electron chi connectivity index (χ4n) is 7.20. The number of hydrogen-bond acceptors (Lipinski definition) is 5. The number of aliphatic hydroxyl groups is 1. The van der Waals surface area contributed by atoms with E-state index in [1.807, 2.05) is 19.2 Å². The van der Waals surface area contributed by atoms with Gasteiger partial charge in [0.2, 0.25) is 0 Å². The van der Waals surface area contributed by atoms with Crippen molar-refractivity contribution in [1.29, 1.82) is 0 Å². The fourth-order valence-corrected chi connectivity index (χ4v) is 8.19. The largest absolute Gasteiger partial charge is 0.389 e. The molecule has 0 aromatic heterocycles. The lowest BCUT2D eigenvalue weighted by molar-refractivity contribution is -0.0347. The quantitative estimate of drug-likeness (QED) is 0.501. The number of fused-ring (bicyclic) bond motifs is 5. The molecule has 0 radical (unpaired) electrons. The molecule has 3 aliphatic carbocycles. The summed E-state index contributed by atoms with van der Waals surface area (Å²) in [5, 5.41) is 17.0. The first-order chi connectivity index (χ1) is 16.6. The maximum Gasteiger partial charge on any atom is 0.380 e. The van der Waals surface area contributed by atoms with E-state index in [-0.39, 0.29) is 0 Å². The summed E-state index contributed by atoms with van der Waals surface area (Å²) in [4.78, 5) is 0.807. The predicted octanol–water partition coefficient (Wildman–Crippen LogP) is 5.46. The molecule has 4 unspecified atom stereocenters. The Hall–Kier alpha value is -1.80. The van der Waals surface area contributed by atoms with Crippen LogP contribution in [0.25, 0.3) is 5.57 Å². The Bertz CT molecular complexity index is 1240. The van der Waals surface area contributed by atoms with Crippen molar-refractivity contribution in [2.75, 3.05) is 6.26 Å². The highest BCUT2D eigenvalue weighted by Crippen LogP contribution is 2.59. The van der Waals surface area contributed by atoms with Crippen LogP contribution in [0.1, 0.15) is 67.2 Å². The molecule has 0 bridgehead atoms. The Kier molecular flexibility index (Phi) is 6.58. The van der Waals surface area contributed by atoms with Crippen LogP contribution in [0.15, 0.2) is 47.9 Å². The molecule has 0 spiro atoms. The number of rotatable bonds is 6. The molecule has 35 heavy (non-hydrogen) atoms. The molecule has 3 N–H and O–H groups in total. The summed E-state index contributed by atoms with van der Waals surface area (Å²) in [6, 6.07) is 12.5. The van der Waals surface area contributed by atoms with Gasteiger partial charge in [-0.25, -0.2) is 0 Å². The summed E-state index contributed by atoms with van der Waals surface area (Å²) in [6.45, 7) is 6.04. The summed E-state index contributed by atoms with van der Waals surface area (Å²) in [5.74, 6) is 2.20. The summed E-state index contributed by atoms with van der Waals surface area (Å²) in [6.07, 6.45) is 8.61. The van der Waals surface area contributed by atoms with Gasteiger partial charge in [0.05, 0.1) is 10.5 Å². The Morgan fingerprint density at radius 1 is 1.17 bits per heavy atom. The van der Waals surface area contributed by atoms with Gasteiger partial charge in [-0.1, -0.05) is 36.4 Å². The SMILES string of the molecule is C=C(C)c1ccc(C[C@]2(O)CCC3C4CCc5cc(OS(N)(=O)=O)c(SC)cc5C4CCC32)cc1. The van der Waals surface area contributed by atoms with Crippen LogP contribution in [0.4, 0.5) is 0 Å². The molecule has 7 heteroatoms. The van der Waals surface area contributed by atoms with E-state index in [2.05, 4.69) is 36.9 Å². The van der Waals surface area contributed by atoms with Crippen molar-refractivity contribution in [3.8, 4) is 5.75 Å². The highest BCUT2D eigenvalue weighted by molar-refractivity contribution is 7.98. The van der Waals surface area contributed by atoms with Crippen molar-refractivity contribution >= 4 is 27.6 Å². The molecule has 0 amide bonds. The minimum atomic E-state index is -4.06. The van der Waals surface area contributed by atoms with Gasteiger partial charge in [0, 0.05) is 6.42 Å². The van der Waals surface area contributed by atoms with Crippen LogP contribution in [0.5, 0.6) is 5.75 Å². The average Bonchev–Trinajstić information content (AvgIpc) is 3.14. The molecule has 0 heterocycles. The van der Waals surface area contributed by atoms with E-state index < -0.39 is 15.9 Å². The summed E-state index contributed by atoms with van der Waals surface area (Å²) < 4.78 is 28.2. The third kappa shape index (κ3) is 4.80. The van der Waals surface area contributed by atoms with Gasteiger partial charge in [0.15, 0.2) is 5.75 Å². The van der Waals surface area contributed by atoms with Gasteiger partial charge in [0.25, 0.3) is 0 Å². The number of nitrogens with two attached hydrogens (primary N) is 1. The Labute approximate surface area is 213 Å². The lowest BCUT2D eigenvalue weighted by Crippen LogP contribution is -2.43. The van der Waals surface area contributed by atoms with Crippen LogP contribution in [-0.2, 0) is 23.1 Å². The van der Waals surface area contributed by atoms with Gasteiger partial charge < -0.3 is 9.29 Å². The van der Waals surface area contributed by atoms with Crippen LogP contribution >= 0.6 is 11.8 Å². The molecule has 0 aliphatic heterocycles. The van der Waals surface area contributed by atoms with Crippen LogP contribution < -0.4 is 9.32 Å². The molecule has 5 rings (SSSR count). The van der Waals surface area contributed by atoms with Crippen LogP contribution in [0, 0.1) is 17.8 Å². The second-order valence-electron chi connectivity index (χ2n) is 10.7. The molecule has 2 aromatic carbocycles. The summed E-state index contributed by atoms with van der Waals surface area (Å²) >= 11 is 1.48. The highest BCUT2D eigenvalue weighted by Gasteiger charge is 2.54. The third-order valence-corrected chi connectivity index (χ3v) is 9.88. The maximum absolute atomic E-state index is 11.8. The third-order valence-electron chi connectivity index (χ3n) is 8.71. The first-order valence-corrected chi connectivity index (χ1v) is 15.2. The van der Waals surface area contributed by atoms with Gasteiger partial charge in [-0.15, -0.1) is 11.8 Å². The molecule has 0 saturated heterocycles. The van der Waals surface area contributed by atoms with E-state index in [0.717, 1.165) is 54.6 Å². The standard InChI is InChI=1S/C28H35NO4S2/c1-17(2)19-6-4-18(5-7-19)16-28(30)13-12-23-21-9-8-20-14-26(33-35(29,31)32)27(34-3)15-24(20)22(21)10-11-25(23)28/h4-7,14-15,21-23,25,30H,1,8-13,16H2,2-3H3,(H2,29,31,32)/t21?,22?,23?,25?,28-/m1/s1. The average molecular weight is 514 g/mol. The number of thioether (sulfide) groups is 1. The van der Waals surface area contributed by atoms with Crippen molar-refractivity contribution in [2.45, 2.75) is 68.3 Å². The van der Waals surface area contributed by atoms with E-state index in [0.29, 0.717) is 35.8 Å². The monoisotopic (exact) mass is 513 g/mol. The van der Waals surface area contributed by atoms with E-state index in [1.54, 1.807) is 0 Å². The number of benzene rings is 2. The van der Waals surface area contributed by atoms with Crippen molar-refractivity contribution in [2.24, 2.45) is 22.9 Å². The van der Waals surface area contributed by atoms with Crippen molar-refractivity contribution < 1.29 is 17.7 Å². The number of hydrogen-bond donors (Lipinski definition) is 2. The van der Waals surface area contributed by atoms with E-state index in [9.17, 15) is 13.5 Å². The zero-order valence-electron chi connectivity index (χ0n) is 20.5. The van der Waals surface area contributed by atoms with Crippen molar-refractivity contribution in [3.05, 3.63) is 65.2 Å². The van der Waals surface area contributed by atoms with E-state index >= 15 is 0 Å². The molecule has 2 aromatic rings. The van der Waals surface area contributed by atoms with Gasteiger partial charge in [0.1, 0.15) is 0 Å². The minimum absolute atomic E-state index is 0.330. The normalized spacial score (nSPS) is 29.7. The van der Waals surface area contributed by atoms with Crippen LogP contribution in [0.2, 0.25) is 0 Å². The molecule has 2 saturated carbocycles. The Balaban J connectivity index is 1.37. The van der Waals surface area contributed by atoms with Gasteiger partial charge in [-0.3, -0.25) is 0 Å². The Morgan fingerprint density at radius 2 is 1.91 bits per heavy atom. The number of allylic oxidation sites excluding steroid dienone is 1. The lowest BCUT2D eigenvalue weighted by Gasteiger charge is -2.47. The molecule has 2 fully saturated rings. The fraction of sp³-hybridized carbons (Fsp3) is 0.500. The lowest BCUT2D eigenvalue weighted by atomic mass is 9.59. The molecular formula is C28H35NO4S2. The number of aryl methyl sites for hydroxylation is 1. The zero-order valence-corrected chi connectivity index (χ0v) is 22.1. The summed E-state index contributed by atoms with van der Waals surface area (Å²) in [7, 11) is -4.06. The molecule has 5 nitrogen and oxygen atoms in total. The second kappa shape index (κ2) is 9.25. The van der Waals surface area contributed by atoms with Crippen molar-refractivity contribution in [1.82, 2.24) is 0 Å². The smallest absolute Gasteiger partial charge is 0.380 e. The molecule has 188 valence electrons. The minimum Gasteiger partial charge on any atom is -0.389 e.